The minimum atomic E-state index is 0.568. The van der Waals surface area contributed by atoms with Gasteiger partial charge >= 0.3 is 0 Å². The van der Waals surface area contributed by atoms with Gasteiger partial charge < -0.3 is 4.90 Å². The number of nitrogens with one attached hydrogen (secondary N) is 1. The lowest BCUT2D eigenvalue weighted by Gasteiger charge is -2.18. The highest BCUT2D eigenvalue weighted by Crippen LogP contribution is 1.93. The van der Waals surface area contributed by atoms with Crippen LogP contribution in [0.15, 0.2) is 4.99 Å². The zero-order chi connectivity index (χ0) is 9.56. The molecule has 0 aromatic carbocycles. The first-order valence-corrected chi connectivity index (χ1v) is 4.34. The fraction of sp³-hybridized carbons (Fsp3) is 0.875. The highest BCUT2D eigenvalue weighted by Gasteiger charge is 2.01. The third kappa shape index (κ3) is 4.18. The monoisotopic (exact) mass is 172 g/mol. The average molecular weight is 172 g/mol. The lowest BCUT2D eigenvalue weighted by atomic mass is 10.2. The summed E-state index contributed by atoms with van der Waals surface area (Å²) in [5, 5.41) is 0. The van der Waals surface area contributed by atoms with E-state index in [0.717, 1.165) is 19.0 Å². The Kier molecular flexibility index (Phi) is 5.45. The van der Waals surface area contributed by atoms with Crippen LogP contribution in [0, 0.1) is 5.92 Å². The normalized spacial score (nSPS) is 12.0. The molecule has 0 heterocycles. The van der Waals surface area contributed by atoms with Gasteiger partial charge in [-0.1, -0.05) is 13.8 Å². The van der Waals surface area contributed by atoms with Crippen molar-refractivity contribution in [2.75, 3.05) is 20.1 Å². The molecule has 0 aliphatic rings. The topological polar surface area (TPSA) is 53.6 Å². The van der Waals surface area contributed by atoms with Gasteiger partial charge in [-0.15, -0.1) is 0 Å². The quantitative estimate of drug-likeness (QED) is 0.281. The molecule has 12 heavy (non-hydrogen) atoms. The molecule has 0 aromatic heterocycles. The Hall–Kier alpha value is -0.770. The Balaban J connectivity index is 4.03. The molecule has 0 bridgehead atoms. The van der Waals surface area contributed by atoms with Crippen LogP contribution < -0.4 is 11.3 Å². The number of hydrogen-bond acceptors (Lipinski definition) is 2. The van der Waals surface area contributed by atoms with Gasteiger partial charge in [-0.2, -0.15) is 0 Å². The average Bonchev–Trinajstić information content (AvgIpc) is 2.04. The first-order valence-electron chi connectivity index (χ1n) is 4.34. The number of guanidine groups is 1. The minimum Gasteiger partial charge on any atom is -0.345 e. The molecule has 72 valence electrons. The molecule has 0 unspecified atom stereocenters. The van der Waals surface area contributed by atoms with Crippen molar-refractivity contribution in [1.82, 2.24) is 10.3 Å². The van der Waals surface area contributed by atoms with Gasteiger partial charge in [0.2, 0.25) is 5.96 Å². The molecule has 0 spiro atoms. The van der Waals surface area contributed by atoms with Crippen molar-refractivity contribution in [2.45, 2.75) is 20.8 Å². The van der Waals surface area contributed by atoms with E-state index in [9.17, 15) is 0 Å². The van der Waals surface area contributed by atoms with Gasteiger partial charge in [-0.3, -0.25) is 10.4 Å². The Labute approximate surface area is 74.8 Å². The van der Waals surface area contributed by atoms with Gasteiger partial charge in [-0.05, 0) is 12.8 Å². The highest BCUT2D eigenvalue weighted by molar-refractivity contribution is 5.79. The summed E-state index contributed by atoms with van der Waals surface area (Å²) in [5.74, 6) is 6.64. The van der Waals surface area contributed by atoms with Gasteiger partial charge in [0.1, 0.15) is 0 Å². The van der Waals surface area contributed by atoms with Crippen molar-refractivity contribution in [3.63, 3.8) is 0 Å². The highest BCUT2D eigenvalue weighted by atomic mass is 15.4. The van der Waals surface area contributed by atoms with Crippen molar-refractivity contribution < 1.29 is 0 Å². The molecule has 3 N–H and O–H groups in total. The van der Waals surface area contributed by atoms with Crippen molar-refractivity contribution in [3.8, 4) is 0 Å². The molecule has 4 heteroatoms. The second-order valence-electron chi connectivity index (χ2n) is 3.22. The van der Waals surface area contributed by atoms with E-state index >= 15 is 0 Å². The molecule has 0 aromatic rings. The van der Waals surface area contributed by atoms with Crippen molar-refractivity contribution in [1.29, 1.82) is 0 Å². The molecule has 0 amide bonds. The van der Waals surface area contributed by atoms with Crippen LogP contribution in [-0.4, -0.2) is 31.0 Å². The maximum absolute atomic E-state index is 5.31. The summed E-state index contributed by atoms with van der Waals surface area (Å²) in [7, 11) is 1.96. The smallest absolute Gasteiger partial charge is 0.208 e. The molecule has 0 aliphatic carbocycles. The minimum absolute atomic E-state index is 0.568. The summed E-state index contributed by atoms with van der Waals surface area (Å²) in [4.78, 5) is 6.29. The maximum Gasteiger partial charge on any atom is 0.208 e. The molecule has 0 saturated carbocycles. The summed E-state index contributed by atoms with van der Waals surface area (Å²) < 4.78 is 0. The Morgan fingerprint density at radius 1 is 1.58 bits per heavy atom. The Morgan fingerprint density at radius 2 is 2.17 bits per heavy atom. The number of nitrogens with zero attached hydrogens (tertiary/aromatic N) is 2. The van der Waals surface area contributed by atoms with Crippen LogP contribution in [0.25, 0.3) is 0 Å². The van der Waals surface area contributed by atoms with E-state index in [1.165, 1.54) is 0 Å². The van der Waals surface area contributed by atoms with Crippen LogP contribution in [-0.2, 0) is 0 Å². The fourth-order valence-corrected chi connectivity index (χ4v) is 0.695. The summed E-state index contributed by atoms with van der Waals surface area (Å²) in [6, 6.07) is 0. The van der Waals surface area contributed by atoms with Crippen LogP contribution in [0.4, 0.5) is 0 Å². The van der Waals surface area contributed by atoms with Crippen molar-refractivity contribution >= 4 is 5.96 Å². The van der Waals surface area contributed by atoms with Crippen LogP contribution in [0.5, 0.6) is 0 Å². The predicted octanol–water partition coefficient (Wildman–Crippen LogP) is 0.413. The SMILES string of the molecule is CCN(C)C(=NCC(C)C)NN. The second kappa shape index (κ2) is 5.83. The molecule has 0 atom stereocenters. The van der Waals surface area contributed by atoms with Crippen LogP contribution >= 0.6 is 0 Å². The van der Waals surface area contributed by atoms with Gasteiger partial charge in [0.15, 0.2) is 0 Å². The fourth-order valence-electron chi connectivity index (χ4n) is 0.695. The molecule has 0 saturated heterocycles. The zero-order valence-corrected chi connectivity index (χ0v) is 8.46. The predicted molar refractivity (Wildman–Crippen MR) is 52.8 cm³/mol. The van der Waals surface area contributed by atoms with Crippen LogP contribution in [0.1, 0.15) is 20.8 Å². The van der Waals surface area contributed by atoms with E-state index in [-0.39, 0.29) is 0 Å². The lowest BCUT2D eigenvalue weighted by molar-refractivity contribution is 0.504. The van der Waals surface area contributed by atoms with Gasteiger partial charge in [0, 0.05) is 20.1 Å². The second-order valence-corrected chi connectivity index (χ2v) is 3.22. The van der Waals surface area contributed by atoms with Gasteiger partial charge in [0.05, 0.1) is 0 Å². The van der Waals surface area contributed by atoms with E-state index in [0.29, 0.717) is 5.92 Å². The first kappa shape index (κ1) is 11.2. The molecule has 0 aliphatic heterocycles. The van der Waals surface area contributed by atoms with E-state index < -0.39 is 0 Å². The van der Waals surface area contributed by atoms with E-state index in [2.05, 4.69) is 31.2 Å². The third-order valence-corrected chi connectivity index (χ3v) is 1.57. The summed E-state index contributed by atoms with van der Waals surface area (Å²) >= 11 is 0. The molecule has 0 rings (SSSR count). The number of nitrogens with two attached hydrogens (primary N) is 1. The third-order valence-electron chi connectivity index (χ3n) is 1.57. The molecular formula is C8H20N4. The lowest BCUT2D eigenvalue weighted by Crippen LogP contribution is -2.42. The summed E-state index contributed by atoms with van der Waals surface area (Å²) in [5.41, 5.74) is 2.58. The van der Waals surface area contributed by atoms with Crippen molar-refractivity contribution in [2.24, 2.45) is 16.8 Å². The van der Waals surface area contributed by atoms with Gasteiger partial charge in [-0.25, -0.2) is 5.84 Å². The number of hydrazine groups is 1. The number of hydrogen-bond donors (Lipinski definition) is 2. The number of rotatable bonds is 3. The van der Waals surface area contributed by atoms with Gasteiger partial charge in [0.25, 0.3) is 0 Å². The maximum atomic E-state index is 5.31. The zero-order valence-electron chi connectivity index (χ0n) is 8.46. The van der Waals surface area contributed by atoms with Crippen LogP contribution in [0.3, 0.4) is 0 Å². The number of aliphatic imine (C=N–C) groups is 1. The first-order chi connectivity index (χ1) is 5.61. The standard InChI is InChI=1S/C8H20N4/c1-5-12(4)8(11-9)10-6-7(2)3/h7H,5-6,9H2,1-4H3,(H,10,11). The molecule has 4 nitrogen and oxygen atoms in total. The summed E-state index contributed by atoms with van der Waals surface area (Å²) in [6.07, 6.45) is 0. The Morgan fingerprint density at radius 3 is 2.50 bits per heavy atom. The molecule has 0 fully saturated rings. The molecule has 0 radical (unpaired) electrons. The Bertz CT molecular complexity index is 142. The largest absolute Gasteiger partial charge is 0.345 e. The van der Waals surface area contributed by atoms with Crippen molar-refractivity contribution in [3.05, 3.63) is 0 Å². The van der Waals surface area contributed by atoms with E-state index in [1.54, 1.807) is 0 Å². The van der Waals surface area contributed by atoms with E-state index in [1.807, 2.05) is 11.9 Å². The van der Waals surface area contributed by atoms with Crippen LogP contribution in [0.2, 0.25) is 0 Å². The summed E-state index contributed by atoms with van der Waals surface area (Å²) in [6.45, 7) is 8.03. The van der Waals surface area contributed by atoms with E-state index in [4.69, 9.17) is 5.84 Å². The molecular weight excluding hydrogens is 152 g/mol.